The van der Waals surface area contributed by atoms with E-state index in [1.807, 2.05) is 17.0 Å². The monoisotopic (exact) mass is 305 g/mol. The number of rotatable bonds is 1. The number of anilines is 1. The second-order valence-electron chi connectivity index (χ2n) is 7.76. The first kappa shape index (κ1) is 14.5. The van der Waals surface area contributed by atoms with Crippen molar-refractivity contribution in [1.82, 2.24) is 0 Å². The Hall–Kier alpha value is -2.09. The van der Waals surface area contributed by atoms with Gasteiger partial charge in [0, 0.05) is 17.0 Å². The molecule has 0 saturated carbocycles. The third-order valence-corrected chi connectivity index (χ3v) is 5.30. The number of carbonyl (C=O) groups is 1. The van der Waals surface area contributed by atoms with Gasteiger partial charge in [-0.3, -0.25) is 4.79 Å². The molecule has 1 aliphatic heterocycles. The first-order valence-corrected chi connectivity index (χ1v) is 8.51. The molecule has 2 aromatic rings. The minimum absolute atomic E-state index is 0.175. The van der Waals surface area contributed by atoms with Crippen molar-refractivity contribution in [2.24, 2.45) is 5.41 Å². The van der Waals surface area contributed by atoms with Crippen LogP contribution in [0.2, 0.25) is 0 Å². The second kappa shape index (κ2) is 4.95. The Morgan fingerprint density at radius 1 is 1.09 bits per heavy atom. The molecule has 0 spiro atoms. The van der Waals surface area contributed by atoms with E-state index in [1.165, 1.54) is 5.57 Å². The van der Waals surface area contributed by atoms with Gasteiger partial charge in [-0.1, -0.05) is 56.7 Å². The molecule has 0 bridgehead atoms. The van der Waals surface area contributed by atoms with Crippen LogP contribution in [0.5, 0.6) is 0 Å². The lowest BCUT2D eigenvalue weighted by Gasteiger charge is -2.34. The summed E-state index contributed by atoms with van der Waals surface area (Å²) in [5.41, 5.74) is 3.73. The van der Waals surface area contributed by atoms with Crippen molar-refractivity contribution in [3.63, 3.8) is 0 Å². The predicted octanol–water partition coefficient (Wildman–Crippen LogP) is 5.33. The summed E-state index contributed by atoms with van der Waals surface area (Å²) in [6.45, 7) is 6.82. The molecule has 0 aromatic heterocycles. The van der Waals surface area contributed by atoms with Crippen molar-refractivity contribution in [3.05, 3.63) is 53.6 Å². The fraction of sp³-hybridized carbons (Fsp3) is 0.381. The number of carbonyl (C=O) groups excluding carboxylic acids is 1. The van der Waals surface area contributed by atoms with Gasteiger partial charge in [0.25, 0.3) is 5.91 Å². The molecule has 23 heavy (non-hydrogen) atoms. The number of allylic oxidation sites excluding steroid dienone is 1. The molecule has 0 saturated heterocycles. The molecule has 1 aliphatic carbocycles. The van der Waals surface area contributed by atoms with Gasteiger partial charge in [-0.25, -0.2) is 0 Å². The molecular formula is C21H23NO. The highest BCUT2D eigenvalue weighted by Gasteiger charge is 2.35. The molecule has 118 valence electrons. The summed E-state index contributed by atoms with van der Waals surface area (Å²) in [7, 11) is 0. The van der Waals surface area contributed by atoms with E-state index in [2.05, 4.69) is 51.1 Å². The third-order valence-electron chi connectivity index (χ3n) is 5.30. The van der Waals surface area contributed by atoms with Crippen LogP contribution < -0.4 is 4.90 Å². The maximum absolute atomic E-state index is 13.0. The molecule has 1 amide bonds. The van der Waals surface area contributed by atoms with Gasteiger partial charge in [-0.2, -0.15) is 0 Å². The summed E-state index contributed by atoms with van der Waals surface area (Å²) in [4.78, 5) is 15.0. The Kier molecular flexibility index (Phi) is 3.12. The summed E-state index contributed by atoms with van der Waals surface area (Å²) in [5.74, 6) is 0.175. The van der Waals surface area contributed by atoms with Gasteiger partial charge in [-0.05, 0) is 42.2 Å². The van der Waals surface area contributed by atoms with Gasteiger partial charge in [0.2, 0.25) is 0 Å². The van der Waals surface area contributed by atoms with E-state index < -0.39 is 0 Å². The quantitative estimate of drug-likeness (QED) is 0.652. The normalized spacial score (nSPS) is 21.0. The van der Waals surface area contributed by atoms with Crippen LogP contribution >= 0.6 is 0 Å². The zero-order valence-electron chi connectivity index (χ0n) is 14.1. The van der Waals surface area contributed by atoms with Crippen LogP contribution in [0.1, 0.15) is 50.4 Å². The zero-order chi connectivity index (χ0) is 16.2. The lowest BCUT2D eigenvalue weighted by atomic mass is 9.79. The highest BCUT2D eigenvalue weighted by molar-refractivity contribution is 6.25. The summed E-state index contributed by atoms with van der Waals surface area (Å²) < 4.78 is 0. The van der Waals surface area contributed by atoms with Gasteiger partial charge in [0.05, 0.1) is 5.69 Å². The van der Waals surface area contributed by atoms with E-state index in [1.54, 1.807) is 0 Å². The largest absolute Gasteiger partial charge is 0.304 e. The van der Waals surface area contributed by atoms with Crippen molar-refractivity contribution in [3.8, 4) is 0 Å². The smallest absolute Gasteiger partial charge is 0.259 e. The fourth-order valence-corrected chi connectivity index (χ4v) is 4.04. The van der Waals surface area contributed by atoms with E-state index in [4.69, 9.17) is 0 Å². The van der Waals surface area contributed by atoms with Crippen molar-refractivity contribution in [2.75, 3.05) is 4.90 Å². The Balaban J connectivity index is 1.72. The van der Waals surface area contributed by atoms with Gasteiger partial charge in [-0.15, -0.1) is 0 Å². The van der Waals surface area contributed by atoms with Gasteiger partial charge >= 0.3 is 0 Å². The van der Waals surface area contributed by atoms with E-state index in [-0.39, 0.29) is 17.4 Å². The number of hydrogen-bond donors (Lipinski definition) is 0. The molecule has 2 heteroatoms. The standard InChI is InChI=1S/C21H23NO/c1-21(2,3)15-10-12-16(13-11-15)22-18-9-5-7-14-6-4-8-17(19(14)18)20(22)23/h4-10,16H,11-13H2,1-3H3. The Labute approximate surface area is 137 Å². The van der Waals surface area contributed by atoms with Crippen molar-refractivity contribution in [1.29, 1.82) is 0 Å². The number of benzene rings is 2. The molecule has 0 fully saturated rings. The molecular weight excluding hydrogens is 282 g/mol. The maximum Gasteiger partial charge on any atom is 0.259 e. The number of amides is 1. The van der Waals surface area contributed by atoms with Crippen LogP contribution in [-0.2, 0) is 0 Å². The highest BCUT2D eigenvalue weighted by atomic mass is 16.2. The van der Waals surface area contributed by atoms with Crippen molar-refractivity contribution >= 4 is 22.4 Å². The Morgan fingerprint density at radius 2 is 1.83 bits per heavy atom. The fourth-order valence-electron chi connectivity index (χ4n) is 4.04. The molecule has 2 aliphatic rings. The van der Waals surface area contributed by atoms with E-state index >= 15 is 0 Å². The van der Waals surface area contributed by atoms with E-state index in [0.29, 0.717) is 0 Å². The van der Waals surface area contributed by atoms with Gasteiger partial charge in [0.1, 0.15) is 0 Å². The molecule has 0 radical (unpaired) electrons. The molecule has 2 aromatic carbocycles. The summed E-state index contributed by atoms with van der Waals surface area (Å²) >= 11 is 0. The van der Waals surface area contributed by atoms with Crippen LogP contribution in [-0.4, -0.2) is 11.9 Å². The van der Waals surface area contributed by atoms with Gasteiger partial charge < -0.3 is 4.90 Å². The first-order valence-electron chi connectivity index (χ1n) is 8.51. The molecule has 1 heterocycles. The lowest BCUT2D eigenvalue weighted by molar-refractivity contribution is 0.0981. The van der Waals surface area contributed by atoms with Crippen molar-refractivity contribution in [2.45, 2.75) is 46.1 Å². The molecule has 0 N–H and O–H groups in total. The zero-order valence-corrected chi connectivity index (χ0v) is 14.1. The Morgan fingerprint density at radius 3 is 2.48 bits per heavy atom. The van der Waals surface area contributed by atoms with Gasteiger partial charge in [0.15, 0.2) is 0 Å². The number of hydrogen-bond acceptors (Lipinski definition) is 1. The minimum atomic E-state index is 0.175. The number of nitrogens with zero attached hydrogens (tertiary/aromatic N) is 1. The molecule has 1 unspecified atom stereocenters. The Bertz CT molecular complexity index is 820. The van der Waals surface area contributed by atoms with Crippen LogP contribution in [0.4, 0.5) is 5.69 Å². The van der Waals surface area contributed by atoms with Crippen LogP contribution in [0.3, 0.4) is 0 Å². The molecule has 1 atom stereocenters. The summed E-state index contributed by atoms with van der Waals surface area (Å²) in [5, 5.41) is 2.29. The van der Waals surface area contributed by atoms with Crippen LogP contribution in [0.25, 0.3) is 10.8 Å². The first-order chi connectivity index (χ1) is 11.0. The van der Waals surface area contributed by atoms with Crippen molar-refractivity contribution < 1.29 is 4.79 Å². The highest BCUT2D eigenvalue weighted by Crippen LogP contribution is 2.42. The summed E-state index contributed by atoms with van der Waals surface area (Å²) in [6, 6.07) is 12.6. The summed E-state index contributed by atoms with van der Waals surface area (Å²) in [6.07, 6.45) is 5.47. The van der Waals surface area contributed by atoms with Crippen LogP contribution in [0, 0.1) is 5.41 Å². The topological polar surface area (TPSA) is 20.3 Å². The van der Waals surface area contributed by atoms with Crippen LogP contribution in [0.15, 0.2) is 48.0 Å². The predicted molar refractivity (Wildman–Crippen MR) is 95.9 cm³/mol. The molecule has 2 nitrogen and oxygen atoms in total. The average Bonchev–Trinajstić information content (AvgIpc) is 2.82. The SMILES string of the molecule is CC(C)(C)C1=CCC(N2C(=O)c3cccc4cccc2c34)CC1. The minimum Gasteiger partial charge on any atom is -0.304 e. The second-order valence-corrected chi connectivity index (χ2v) is 7.76. The van der Waals surface area contributed by atoms with E-state index in [9.17, 15) is 4.79 Å². The third kappa shape index (κ3) is 2.20. The average molecular weight is 305 g/mol. The lowest BCUT2D eigenvalue weighted by Crippen LogP contribution is -2.39. The van der Waals surface area contributed by atoms with E-state index in [0.717, 1.165) is 41.3 Å². The molecule has 4 rings (SSSR count). The maximum atomic E-state index is 13.0.